The second kappa shape index (κ2) is 2.92. The van der Waals surface area contributed by atoms with Crippen LogP contribution in [0.1, 0.15) is 5.69 Å². The zero-order valence-electron chi connectivity index (χ0n) is 5.14. The fraction of sp³-hybridized carbons (Fsp3) is 0. The lowest BCUT2D eigenvalue weighted by molar-refractivity contribution is 0.618. The molecule has 0 aliphatic carbocycles. The van der Waals surface area contributed by atoms with Gasteiger partial charge in [-0.2, -0.15) is 0 Å². The van der Waals surface area contributed by atoms with Gasteiger partial charge in [-0.25, -0.2) is 4.39 Å². The molecule has 1 aromatic rings. The quantitative estimate of drug-likeness (QED) is 0.681. The highest BCUT2D eigenvalue weighted by atomic mass is 79.9. The van der Waals surface area contributed by atoms with Gasteiger partial charge in [-0.1, -0.05) is 6.58 Å². The number of hydrogen-bond donors (Lipinski definition) is 0. The maximum absolute atomic E-state index is 12.7. The van der Waals surface area contributed by atoms with Gasteiger partial charge in [0.2, 0.25) is 0 Å². The molecule has 10 heavy (non-hydrogen) atoms. The molecular formula is C7H5BrFN. The van der Waals surface area contributed by atoms with Crippen molar-refractivity contribution in [1.29, 1.82) is 0 Å². The first-order valence-electron chi connectivity index (χ1n) is 2.67. The van der Waals surface area contributed by atoms with E-state index in [1.807, 2.05) is 0 Å². The Balaban J connectivity index is 3.15. The summed E-state index contributed by atoms with van der Waals surface area (Å²) in [5.74, 6) is -0.357. The summed E-state index contributed by atoms with van der Waals surface area (Å²) >= 11 is 3.04. The maximum atomic E-state index is 12.7. The molecule has 0 aliphatic rings. The first kappa shape index (κ1) is 7.41. The molecule has 1 nitrogen and oxygen atoms in total. The van der Waals surface area contributed by atoms with Crippen molar-refractivity contribution in [2.75, 3.05) is 0 Å². The van der Waals surface area contributed by atoms with Crippen molar-refractivity contribution in [2.24, 2.45) is 0 Å². The van der Waals surface area contributed by atoms with E-state index in [-0.39, 0.29) is 11.5 Å². The van der Waals surface area contributed by atoms with Crippen LogP contribution < -0.4 is 0 Å². The van der Waals surface area contributed by atoms with E-state index in [0.717, 1.165) is 0 Å². The molecule has 3 heteroatoms. The summed E-state index contributed by atoms with van der Waals surface area (Å²) in [6.45, 7) is 3.50. The van der Waals surface area contributed by atoms with Gasteiger partial charge in [0, 0.05) is 10.7 Å². The lowest BCUT2D eigenvalue weighted by Crippen LogP contribution is -1.86. The van der Waals surface area contributed by atoms with Crippen LogP contribution in [0.15, 0.2) is 24.9 Å². The van der Waals surface area contributed by atoms with Gasteiger partial charge in [0.1, 0.15) is 11.5 Å². The predicted octanol–water partition coefficient (Wildman–Crippen LogP) is 2.59. The summed E-state index contributed by atoms with van der Waals surface area (Å²) in [5.41, 5.74) is 0.266. The normalized spacial score (nSPS) is 9.40. The van der Waals surface area contributed by atoms with E-state index < -0.39 is 0 Å². The minimum absolute atomic E-state index is 0.266. The van der Waals surface area contributed by atoms with Gasteiger partial charge in [0.25, 0.3) is 0 Å². The summed E-state index contributed by atoms with van der Waals surface area (Å²) in [4.78, 5) is 3.76. The summed E-state index contributed by atoms with van der Waals surface area (Å²) in [7, 11) is 0. The zero-order valence-corrected chi connectivity index (χ0v) is 6.73. The van der Waals surface area contributed by atoms with Crippen LogP contribution in [0, 0.1) is 5.82 Å². The summed E-state index contributed by atoms with van der Waals surface area (Å²) in [6, 6.07) is 2.88. The van der Waals surface area contributed by atoms with Crippen LogP contribution in [-0.4, -0.2) is 4.98 Å². The van der Waals surface area contributed by atoms with Crippen molar-refractivity contribution in [3.05, 3.63) is 36.4 Å². The van der Waals surface area contributed by atoms with E-state index in [1.165, 1.54) is 18.3 Å². The molecule has 0 fully saturated rings. The largest absolute Gasteiger partial charge is 0.253 e. The van der Waals surface area contributed by atoms with Crippen LogP contribution in [0.25, 0.3) is 4.48 Å². The van der Waals surface area contributed by atoms with Gasteiger partial charge in [-0.3, -0.25) is 4.98 Å². The molecule has 0 saturated carbocycles. The Labute approximate surface area is 66.7 Å². The minimum atomic E-state index is -0.357. The molecule has 0 bridgehead atoms. The Bertz CT molecular complexity index is 260. The first-order chi connectivity index (χ1) is 4.72. The van der Waals surface area contributed by atoms with Gasteiger partial charge in [-0.05, 0) is 28.1 Å². The molecule has 52 valence electrons. The van der Waals surface area contributed by atoms with Crippen molar-refractivity contribution < 1.29 is 4.39 Å². The molecule has 0 aromatic carbocycles. The average molecular weight is 202 g/mol. The van der Waals surface area contributed by atoms with Crippen molar-refractivity contribution in [1.82, 2.24) is 4.98 Å². The van der Waals surface area contributed by atoms with Gasteiger partial charge < -0.3 is 0 Å². The van der Waals surface area contributed by atoms with Crippen LogP contribution in [-0.2, 0) is 0 Å². The molecule has 1 heterocycles. The topological polar surface area (TPSA) is 12.9 Å². The van der Waals surface area contributed by atoms with E-state index in [1.54, 1.807) is 0 Å². The van der Waals surface area contributed by atoms with Crippen LogP contribution in [0.5, 0.6) is 0 Å². The fourth-order valence-electron chi connectivity index (χ4n) is 0.585. The minimum Gasteiger partial charge on any atom is -0.253 e. The number of halogens is 2. The Morgan fingerprint density at radius 1 is 1.70 bits per heavy atom. The van der Waals surface area contributed by atoms with E-state index in [2.05, 4.69) is 27.5 Å². The molecule has 1 aromatic heterocycles. The monoisotopic (exact) mass is 201 g/mol. The van der Waals surface area contributed by atoms with Crippen LogP contribution in [0.2, 0.25) is 0 Å². The standard InChI is InChI=1S/C7H5BrFN/c1-5(8)7-6(9)3-2-4-10-7/h2-4H,1H2. The third kappa shape index (κ3) is 1.42. The van der Waals surface area contributed by atoms with Gasteiger partial charge in [0.05, 0.1) is 0 Å². The molecule has 0 aliphatic heterocycles. The molecule has 0 amide bonds. The highest BCUT2D eigenvalue weighted by molar-refractivity contribution is 9.15. The SMILES string of the molecule is C=C(Br)c1ncccc1F. The van der Waals surface area contributed by atoms with Crippen molar-refractivity contribution in [3.8, 4) is 0 Å². The average Bonchev–Trinajstić information content (AvgIpc) is 1.88. The van der Waals surface area contributed by atoms with Gasteiger partial charge >= 0.3 is 0 Å². The van der Waals surface area contributed by atoms with E-state index in [4.69, 9.17) is 0 Å². The lowest BCUT2D eigenvalue weighted by atomic mass is 10.3. The summed E-state index contributed by atoms with van der Waals surface area (Å²) in [6.07, 6.45) is 1.52. The number of aromatic nitrogens is 1. The highest BCUT2D eigenvalue weighted by Crippen LogP contribution is 2.18. The second-order valence-corrected chi connectivity index (χ2v) is 2.70. The number of rotatable bonds is 1. The van der Waals surface area contributed by atoms with E-state index in [9.17, 15) is 4.39 Å². The maximum Gasteiger partial charge on any atom is 0.149 e. The molecule has 1 rings (SSSR count). The molecule has 0 unspecified atom stereocenters. The molecule has 0 saturated heterocycles. The zero-order chi connectivity index (χ0) is 7.56. The van der Waals surface area contributed by atoms with Gasteiger partial charge in [-0.15, -0.1) is 0 Å². The van der Waals surface area contributed by atoms with Crippen LogP contribution in [0.3, 0.4) is 0 Å². The summed E-state index contributed by atoms with van der Waals surface area (Å²) in [5, 5.41) is 0. The number of nitrogens with zero attached hydrogens (tertiary/aromatic N) is 1. The third-order valence-corrected chi connectivity index (χ3v) is 1.39. The van der Waals surface area contributed by atoms with Crippen molar-refractivity contribution >= 4 is 20.4 Å². The Morgan fingerprint density at radius 2 is 2.40 bits per heavy atom. The van der Waals surface area contributed by atoms with Crippen LogP contribution >= 0.6 is 15.9 Å². The smallest absolute Gasteiger partial charge is 0.149 e. The molecular weight excluding hydrogens is 197 g/mol. The Kier molecular flexibility index (Phi) is 2.17. The Morgan fingerprint density at radius 3 is 2.80 bits per heavy atom. The first-order valence-corrected chi connectivity index (χ1v) is 3.46. The molecule has 0 atom stereocenters. The van der Waals surface area contributed by atoms with Crippen molar-refractivity contribution in [2.45, 2.75) is 0 Å². The summed E-state index contributed by atoms with van der Waals surface area (Å²) < 4.78 is 13.2. The Hall–Kier alpha value is -0.700. The number of pyridine rings is 1. The molecule has 0 spiro atoms. The molecule has 0 radical (unpaired) electrons. The fourth-order valence-corrected chi connectivity index (χ4v) is 0.877. The second-order valence-electron chi connectivity index (χ2n) is 1.74. The third-order valence-electron chi connectivity index (χ3n) is 1.02. The van der Waals surface area contributed by atoms with E-state index in [0.29, 0.717) is 4.48 Å². The lowest BCUT2D eigenvalue weighted by Gasteiger charge is -1.95. The van der Waals surface area contributed by atoms with Crippen molar-refractivity contribution in [3.63, 3.8) is 0 Å². The highest BCUT2D eigenvalue weighted by Gasteiger charge is 2.01. The predicted molar refractivity (Wildman–Crippen MR) is 42.2 cm³/mol. The van der Waals surface area contributed by atoms with Crippen LogP contribution in [0.4, 0.5) is 4.39 Å². The molecule has 0 N–H and O–H groups in total. The number of hydrogen-bond acceptors (Lipinski definition) is 1. The van der Waals surface area contributed by atoms with Gasteiger partial charge in [0.15, 0.2) is 0 Å². The van der Waals surface area contributed by atoms with E-state index >= 15 is 0 Å².